The number of carbonyl (C=O) groups is 1. The highest BCUT2D eigenvalue weighted by Crippen LogP contribution is 2.31. The smallest absolute Gasteiger partial charge is 0.255 e. The Hall–Kier alpha value is -4.97. The minimum Gasteiger partial charge on any atom is -0.497 e. The number of β-amino-alcohol motifs (C(OH)–C–C–N with tert-alkyl or cyclic N) is 1. The molecule has 3 aromatic carbocycles. The molecule has 3 heterocycles. The number of hydrogen-bond acceptors (Lipinski definition) is 9. The van der Waals surface area contributed by atoms with Crippen LogP contribution in [0, 0.1) is 6.92 Å². The van der Waals surface area contributed by atoms with E-state index >= 15 is 0 Å². The normalized spacial score (nSPS) is 14.1. The topological polar surface area (TPSA) is 120 Å². The summed E-state index contributed by atoms with van der Waals surface area (Å²) in [4.78, 5) is 20.5. The Morgan fingerprint density at radius 2 is 1.62 bits per heavy atom. The Balaban J connectivity index is 1.34. The lowest BCUT2D eigenvalue weighted by atomic mass is 10.0. The molecule has 1 aliphatic rings. The number of methoxy groups -OCH3 is 3. The molecular formula is C36H39N5O6. The Morgan fingerprint density at radius 3 is 2.30 bits per heavy atom. The fraction of sp³-hybridized carbons (Fsp3) is 0.306. The van der Waals surface area contributed by atoms with Gasteiger partial charge in [0, 0.05) is 47.9 Å². The number of aliphatic hydroxyl groups is 1. The van der Waals surface area contributed by atoms with Gasteiger partial charge in [-0.3, -0.25) is 9.69 Å². The van der Waals surface area contributed by atoms with E-state index < -0.39 is 6.10 Å². The molecule has 0 saturated carbocycles. The van der Waals surface area contributed by atoms with E-state index in [9.17, 15) is 9.90 Å². The van der Waals surface area contributed by atoms with E-state index in [2.05, 4.69) is 10.2 Å². The molecule has 11 nitrogen and oxygen atoms in total. The van der Waals surface area contributed by atoms with Crippen molar-refractivity contribution in [3.63, 3.8) is 0 Å². The number of fused-ring (bicyclic) bond motifs is 1. The minimum absolute atomic E-state index is 0.295. The average Bonchev–Trinajstić information content (AvgIpc) is 3.47. The number of anilines is 1. The largest absolute Gasteiger partial charge is 0.497 e. The van der Waals surface area contributed by atoms with Gasteiger partial charge in [-0.2, -0.15) is 5.10 Å². The zero-order valence-electron chi connectivity index (χ0n) is 27.0. The molecule has 2 N–H and O–H groups in total. The first-order chi connectivity index (χ1) is 22.8. The lowest BCUT2D eigenvalue weighted by Crippen LogP contribution is -2.38. The van der Waals surface area contributed by atoms with Gasteiger partial charge in [-0.15, -0.1) is 0 Å². The summed E-state index contributed by atoms with van der Waals surface area (Å²) in [6.07, 6.45) is -0.795. The quantitative estimate of drug-likeness (QED) is 0.204. The fourth-order valence-electron chi connectivity index (χ4n) is 5.72. The molecular weight excluding hydrogens is 598 g/mol. The zero-order chi connectivity index (χ0) is 32.9. The molecule has 11 heteroatoms. The SMILES string of the molecule is COc1ccc(Cn2nc(C(O)CN3CCOCC3)c3ccc(-c4cc(NC(=O)c5cc(OC)cc(OC)c5)ccc4C)nc32)cc1. The number of nitrogens with zero attached hydrogens (tertiary/aromatic N) is 4. The molecule has 1 unspecified atom stereocenters. The highest BCUT2D eigenvalue weighted by Gasteiger charge is 2.23. The maximum atomic E-state index is 13.2. The number of morpholine rings is 1. The predicted octanol–water partition coefficient (Wildman–Crippen LogP) is 5.10. The van der Waals surface area contributed by atoms with E-state index in [4.69, 9.17) is 29.0 Å². The third-order valence-electron chi connectivity index (χ3n) is 8.35. The molecule has 0 aliphatic carbocycles. The van der Waals surface area contributed by atoms with Crippen LogP contribution < -0.4 is 19.5 Å². The first kappa shape index (κ1) is 32.0. The summed E-state index contributed by atoms with van der Waals surface area (Å²) in [7, 11) is 4.73. The monoisotopic (exact) mass is 637 g/mol. The fourth-order valence-corrected chi connectivity index (χ4v) is 5.72. The first-order valence-electron chi connectivity index (χ1n) is 15.5. The van der Waals surface area contributed by atoms with Crippen LogP contribution in [0.3, 0.4) is 0 Å². The van der Waals surface area contributed by atoms with Gasteiger partial charge in [-0.25, -0.2) is 9.67 Å². The van der Waals surface area contributed by atoms with Crippen molar-refractivity contribution in [2.45, 2.75) is 19.6 Å². The lowest BCUT2D eigenvalue weighted by Gasteiger charge is -2.28. The van der Waals surface area contributed by atoms with E-state index in [1.807, 2.05) is 66.2 Å². The van der Waals surface area contributed by atoms with Crippen LogP contribution in [0.25, 0.3) is 22.3 Å². The van der Waals surface area contributed by atoms with Crippen molar-refractivity contribution in [2.75, 3.05) is 59.5 Å². The van der Waals surface area contributed by atoms with Crippen molar-refractivity contribution in [1.29, 1.82) is 0 Å². The third-order valence-corrected chi connectivity index (χ3v) is 8.35. The number of ether oxygens (including phenoxy) is 4. The molecule has 0 spiro atoms. The molecule has 1 fully saturated rings. The van der Waals surface area contributed by atoms with Gasteiger partial charge in [0.05, 0.1) is 46.8 Å². The van der Waals surface area contributed by atoms with Crippen molar-refractivity contribution in [1.82, 2.24) is 19.7 Å². The van der Waals surface area contributed by atoms with Crippen LogP contribution in [-0.4, -0.2) is 84.9 Å². The number of nitrogens with one attached hydrogen (secondary N) is 1. The summed E-state index contributed by atoms with van der Waals surface area (Å²) in [5.74, 6) is 1.53. The second kappa shape index (κ2) is 14.2. The van der Waals surface area contributed by atoms with Crippen LogP contribution in [0.2, 0.25) is 0 Å². The van der Waals surface area contributed by atoms with Crippen LogP contribution in [-0.2, 0) is 11.3 Å². The second-order valence-corrected chi connectivity index (χ2v) is 11.5. The lowest BCUT2D eigenvalue weighted by molar-refractivity contribution is 0.0137. The molecule has 5 aromatic rings. The van der Waals surface area contributed by atoms with Crippen LogP contribution in [0.15, 0.2) is 72.8 Å². The van der Waals surface area contributed by atoms with Crippen LogP contribution >= 0.6 is 0 Å². The maximum absolute atomic E-state index is 13.2. The Labute approximate surface area is 273 Å². The van der Waals surface area contributed by atoms with Gasteiger partial charge in [-0.05, 0) is 66.6 Å². The van der Waals surface area contributed by atoms with Gasteiger partial charge in [0.1, 0.15) is 29.0 Å². The number of aromatic nitrogens is 3. The van der Waals surface area contributed by atoms with Crippen molar-refractivity contribution < 1.29 is 28.8 Å². The first-order valence-corrected chi connectivity index (χ1v) is 15.5. The van der Waals surface area contributed by atoms with Gasteiger partial charge >= 0.3 is 0 Å². The summed E-state index contributed by atoms with van der Waals surface area (Å²) in [6, 6.07) is 22.5. The molecule has 47 heavy (non-hydrogen) atoms. The Morgan fingerprint density at radius 1 is 0.915 bits per heavy atom. The van der Waals surface area contributed by atoms with Crippen LogP contribution in [0.5, 0.6) is 17.2 Å². The number of pyridine rings is 1. The molecule has 6 rings (SSSR count). The van der Waals surface area contributed by atoms with E-state index in [1.165, 1.54) is 0 Å². The molecule has 1 amide bonds. The van der Waals surface area contributed by atoms with Gasteiger partial charge < -0.3 is 29.4 Å². The highest BCUT2D eigenvalue weighted by molar-refractivity contribution is 6.05. The van der Waals surface area contributed by atoms with E-state index in [0.29, 0.717) is 60.4 Å². The third kappa shape index (κ3) is 7.22. The Kier molecular flexibility index (Phi) is 9.67. The maximum Gasteiger partial charge on any atom is 0.255 e. The van der Waals surface area contributed by atoms with Gasteiger partial charge in [0.25, 0.3) is 5.91 Å². The van der Waals surface area contributed by atoms with E-state index in [1.54, 1.807) is 39.5 Å². The van der Waals surface area contributed by atoms with Crippen LogP contribution in [0.4, 0.5) is 5.69 Å². The van der Waals surface area contributed by atoms with Gasteiger partial charge in [-0.1, -0.05) is 18.2 Å². The molecule has 1 aliphatic heterocycles. The van der Waals surface area contributed by atoms with Crippen molar-refractivity contribution in [2.24, 2.45) is 0 Å². The van der Waals surface area contributed by atoms with Crippen molar-refractivity contribution in [3.05, 3.63) is 95.2 Å². The standard InChI is InChI=1S/C36H39N5O6/c1-23-5-8-26(37-36(43)25-17-28(45-3)20-29(18-25)46-4)19-31(23)32-12-11-30-34(33(42)22-40-13-15-47-16-14-40)39-41(35(30)38-32)21-24-6-9-27(44-2)10-7-24/h5-12,17-20,33,42H,13-16,21-22H2,1-4H3,(H,37,43). The van der Waals surface area contributed by atoms with E-state index in [0.717, 1.165) is 46.6 Å². The number of rotatable bonds is 11. The number of amides is 1. The summed E-state index contributed by atoms with van der Waals surface area (Å²) < 4.78 is 23.3. The number of hydrogen-bond donors (Lipinski definition) is 2. The van der Waals surface area contributed by atoms with Crippen molar-refractivity contribution >= 4 is 22.6 Å². The van der Waals surface area contributed by atoms with Gasteiger partial charge in [0.2, 0.25) is 0 Å². The summed E-state index contributed by atoms with van der Waals surface area (Å²) in [5.41, 5.74) is 5.87. The van der Waals surface area contributed by atoms with Crippen molar-refractivity contribution in [3.8, 4) is 28.5 Å². The number of carbonyl (C=O) groups excluding carboxylic acids is 1. The van der Waals surface area contributed by atoms with Crippen LogP contribution in [0.1, 0.15) is 33.3 Å². The second-order valence-electron chi connectivity index (χ2n) is 11.5. The average molecular weight is 638 g/mol. The minimum atomic E-state index is -0.795. The number of benzene rings is 3. The molecule has 2 aromatic heterocycles. The molecule has 0 radical (unpaired) electrons. The van der Waals surface area contributed by atoms with Gasteiger partial charge in [0.15, 0.2) is 5.65 Å². The Bertz CT molecular complexity index is 1840. The molecule has 0 bridgehead atoms. The molecule has 1 saturated heterocycles. The van der Waals surface area contributed by atoms with E-state index in [-0.39, 0.29) is 5.91 Å². The summed E-state index contributed by atoms with van der Waals surface area (Å²) in [6.45, 7) is 5.75. The summed E-state index contributed by atoms with van der Waals surface area (Å²) >= 11 is 0. The number of aryl methyl sites for hydroxylation is 1. The highest BCUT2D eigenvalue weighted by atomic mass is 16.5. The number of aliphatic hydroxyl groups excluding tert-OH is 1. The predicted molar refractivity (Wildman–Crippen MR) is 180 cm³/mol. The molecule has 1 atom stereocenters. The zero-order valence-corrected chi connectivity index (χ0v) is 27.0. The molecule has 244 valence electrons. The summed E-state index contributed by atoms with van der Waals surface area (Å²) in [5, 5.41) is 20.1.